The number of rotatable bonds is 6. The highest BCUT2D eigenvalue weighted by atomic mass is 16.6. The van der Waals surface area contributed by atoms with Crippen molar-refractivity contribution in [1.82, 2.24) is 5.32 Å². The maximum Gasteiger partial charge on any atom is 0.407 e. The maximum atomic E-state index is 11.4. The van der Waals surface area contributed by atoms with E-state index >= 15 is 0 Å². The zero-order valence-corrected chi connectivity index (χ0v) is 13.0. The highest BCUT2D eigenvalue weighted by molar-refractivity contribution is 5.92. The number of nitrogens with zero attached hydrogens (tertiary/aromatic N) is 1. The van der Waals surface area contributed by atoms with Crippen LogP contribution in [0.4, 0.5) is 10.5 Å². The van der Waals surface area contributed by atoms with Crippen LogP contribution in [0.25, 0.3) is 0 Å². The number of nitro benzene ring substituents is 1. The van der Waals surface area contributed by atoms with E-state index in [1.807, 2.05) is 0 Å². The minimum absolute atomic E-state index is 0.0000208. The molecule has 1 aromatic carbocycles. The Labute approximate surface area is 132 Å². The quantitative estimate of drug-likeness (QED) is 0.466. The molecule has 1 amide bonds. The van der Waals surface area contributed by atoms with E-state index < -0.39 is 28.3 Å². The maximum absolute atomic E-state index is 11.4. The van der Waals surface area contributed by atoms with Crippen molar-refractivity contribution in [2.45, 2.75) is 26.4 Å². The van der Waals surface area contributed by atoms with Gasteiger partial charge in [0, 0.05) is 6.07 Å². The molecule has 23 heavy (non-hydrogen) atoms. The Morgan fingerprint density at radius 3 is 2.52 bits per heavy atom. The first-order valence-electron chi connectivity index (χ1n) is 6.72. The zero-order chi connectivity index (χ0) is 17.6. The number of benzene rings is 1. The van der Waals surface area contributed by atoms with E-state index in [1.54, 1.807) is 20.8 Å². The summed E-state index contributed by atoms with van der Waals surface area (Å²) in [4.78, 5) is 32.7. The van der Waals surface area contributed by atoms with Crippen molar-refractivity contribution in [3.05, 3.63) is 33.9 Å². The van der Waals surface area contributed by atoms with Crippen molar-refractivity contribution in [3.8, 4) is 5.75 Å². The molecule has 1 rings (SSSR count). The molecular formula is C14H18N2O7. The van der Waals surface area contributed by atoms with Crippen LogP contribution in [0.1, 0.15) is 31.1 Å². The van der Waals surface area contributed by atoms with E-state index in [0.29, 0.717) is 0 Å². The summed E-state index contributed by atoms with van der Waals surface area (Å²) < 4.78 is 10.2. The lowest BCUT2D eigenvalue weighted by Crippen LogP contribution is -2.34. The minimum atomic E-state index is -1.34. The number of aromatic carboxylic acids is 1. The van der Waals surface area contributed by atoms with Crippen molar-refractivity contribution in [2.75, 3.05) is 13.2 Å². The van der Waals surface area contributed by atoms with Gasteiger partial charge in [0.2, 0.25) is 5.75 Å². The molecule has 0 radical (unpaired) electrons. The second-order valence-corrected chi connectivity index (χ2v) is 5.49. The largest absolute Gasteiger partial charge is 0.484 e. The lowest BCUT2D eigenvalue weighted by molar-refractivity contribution is -0.385. The molecule has 0 atom stereocenters. The van der Waals surface area contributed by atoms with Crippen molar-refractivity contribution in [2.24, 2.45) is 0 Å². The Hall–Kier alpha value is -2.84. The van der Waals surface area contributed by atoms with E-state index in [4.69, 9.17) is 14.6 Å². The number of alkyl carbamates (subject to hydrolysis) is 1. The van der Waals surface area contributed by atoms with E-state index in [0.717, 1.165) is 6.07 Å². The summed E-state index contributed by atoms with van der Waals surface area (Å²) in [5.41, 5.74) is -1.43. The molecule has 0 aliphatic carbocycles. The molecule has 0 aliphatic rings. The fraction of sp³-hybridized carbons (Fsp3) is 0.429. The van der Waals surface area contributed by atoms with Crippen molar-refractivity contribution >= 4 is 17.7 Å². The summed E-state index contributed by atoms with van der Waals surface area (Å²) in [5.74, 6) is -1.69. The Morgan fingerprint density at radius 1 is 1.35 bits per heavy atom. The standard InChI is InChI=1S/C14H18N2O7/c1-14(2,3)23-13(19)15-7-8-22-11-9(12(17)18)5-4-6-10(11)16(20)21/h4-6H,7-8H2,1-3H3,(H,15,19)(H,17,18). The lowest BCUT2D eigenvalue weighted by atomic mass is 10.2. The Morgan fingerprint density at radius 2 is 2.00 bits per heavy atom. The second kappa shape index (κ2) is 7.43. The van der Waals surface area contributed by atoms with Crippen LogP contribution in [0.15, 0.2) is 18.2 Å². The number of carboxylic acid groups (broad SMARTS) is 1. The molecule has 0 fully saturated rings. The summed E-state index contributed by atoms with van der Waals surface area (Å²) in [6, 6.07) is 3.60. The Balaban J connectivity index is 2.69. The van der Waals surface area contributed by atoms with Crippen LogP contribution < -0.4 is 10.1 Å². The van der Waals surface area contributed by atoms with E-state index in [-0.39, 0.29) is 24.5 Å². The third-order valence-corrected chi connectivity index (χ3v) is 2.44. The molecule has 0 saturated carbocycles. The zero-order valence-electron chi connectivity index (χ0n) is 13.0. The molecular weight excluding hydrogens is 308 g/mol. The van der Waals surface area contributed by atoms with Gasteiger partial charge in [0.25, 0.3) is 0 Å². The van der Waals surface area contributed by atoms with Crippen LogP contribution in [-0.2, 0) is 4.74 Å². The molecule has 0 bridgehead atoms. The fourth-order valence-corrected chi connectivity index (χ4v) is 1.61. The molecule has 0 aliphatic heterocycles. The number of hydrogen-bond donors (Lipinski definition) is 2. The Kier molecular flexibility index (Phi) is 5.88. The van der Waals surface area contributed by atoms with Crippen molar-refractivity contribution < 1.29 is 29.1 Å². The number of ether oxygens (including phenoxy) is 2. The number of nitro groups is 1. The van der Waals surface area contributed by atoms with E-state index in [2.05, 4.69) is 5.32 Å². The highest BCUT2D eigenvalue weighted by Gasteiger charge is 2.23. The number of amides is 1. The molecule has 126 valence electrons. The predicted octanol–water partition coefficient (Wildman–Crippen LogP) is 2.20. The minimum Gasteiger partial charge on any atom is -0.484 e. The van der Waals surface area contributed by atoms with Gasteiger partial charge < -0.3 is 19.9 Å². The molecule has 9 heteroatoms. The van der Waals surface area contributed by atoms with Crippen LogP contribution in [0, 0.1) is 10.1 Å². The average Bonchev–Trinajstić information content (AvgIpc) is 2.41. The van der Waals surface area contributed by atoms with Crippen LogP contribution in [0.2, 0.25) is 0 Å². The third kappa shape index (κ3) is 5.81. The summed E-state index contributed by atoms with van der Waals surface area (Å²) in [6.07, 6.45) is -0.665. The highest BCUT2D eigenvalue weighted by Crippen LogP contribution is 2.30. The van der Waals surface area contributed by atoms with E-state index in [9.17, 15) is 19.7 Å². The molecule has 0 unspecified atom stereocenters. The van der Waals surface area contributed by atoms with Gasteiger partial charge in [-0.2, -0.15) is 0 Å². The lowest BCUT2D eigenvalue weighted by Gasteiger charge is -2.19. The molecule has 0 spiro atoms. The first-order chi connectivity index (χ1) is 10.6. The number of carbonyl (C=O) groups is 2. The number of carboxylic acids is 1. The van der Waals surface area contributed by atoms with Gasteiger partial charge in [0.15, 0.2) is 0 Å². The fourth-order valence-electron chi connectivity index (χ4n) is 1.61. The first kappa shape index (κ1) is 18.2. The van der Waals surface area contributed by atoms with Crippen LogP contribution in [0.5, 0.6) is 5.75 Å². The normalized spacial score (nSPS) is 10.7. The van der Waals surface area contributed by atoms with Gasteiger partial charge in [-0.05, 0) is 26.8 Å². The van der Waals surface area contributed by atoms with Crippen LogP contribution in [0.3, 0.4) is 0 Å². The summed E-state index contributed by atoms with van der Waals surface area (Å²) in [6.45, 7) is 4.96. The molecule has 1 aromatic rings. The van der Waals surface area contributed by atoms with Gasteiger partial charge >= 0.3 is 17.7 Å². The van der Waals surface area contributed by atoms with Crippen LogP contribution in [-0.4, -0.2) is 40.8 Å². The molecule has 0 saturated heterocycles. The van der Waals surface area contributed by atoms with Crippen molar-refractivity contribution in [1.29, 1.82) is 0 Å². The first-order valence-corrected chi connectivity index (χ1v) is 6.72. The van der Waals surface area contributed by atoms with Gasteiger partial charge in [-0.3, -0.25) is 10.1 Å². The van der Waals surface area contributed by atoms with Gasteiger partial charge in [0.1, 0.15) is 17.8 Å². The predicted molar refractivity (Wildman–Crippen MR) is 79.8 cm³/mol. The van der Waals surface area contributed by atoms with Gasteiger partial charge in [-0.1, -0.05) is 6.07 Å². The molecule has 2 N–H and O–H groups in total. The Bertz CT molecular complexity index is 575. The molecule has 0 aromatic heterocycles. The number of nitrogens with one attached hydrogen (secondary N) is 1. The third-order valence-electron chi connectivity index (χ3n) is 2.44. The van der Waals surface area contributed by atoms with Crippen molar-refractivity contribution in [3.63, 3.8) is 0 Å². The van der Waals surface area contributed by atoms with Gasteiger partial charge in [0.05, 0.1) is 11.5 Å². The number of carbonyl (C=O) groups excluding carboxylic acids is 1. The number of hydrogen-bond acceptors (Lipinski definition) is 6. The van der Waals surface area contributed by atoms with Gasteiger partial charge in [-0.25, -0.2) is 9.59 Å². The summed E-state index contributed by atoms with van der Waals surface area (Å²) in [7, 11) is 0. The average molecular weight is 326 g/mol. The molecule has 0 heterocycles. The van der Waals surface area contributed by atoms with E-state index in [1.165, 1.54) is 12.1 Å². The smallest absolute Gasteiger partial charge is 0.407 e. The number of para-hydroxylation sites is 1. The monoisotopic (exact) mass is 326 g/mol. The summed E-state index contributed by atoms with van der Waals surface area (Å²) >= 11 is 0. The SMILES string of the molecule is CC(C)(C)OC(=O)NCCOc1c(C(=O)O)cccc1[N+](=O)[O-]. The second-order valence-electron chi connectivity index (χ2n) is 5.49. The van der Waals surface area contributed by atoms with Gasteiger partial charge in [-0.15, -0.1) is 0 Å². The molecule has 9 nitrogen and oxygen atoms in total. The topological polar surface area (TPSA) is 128 Å². The van der Waals surface area contributed by atoms with Crippen LogP contribution >= 0.6 is 0 Å². The summed E-state index contributed by atoms with van der Waals surface area (Å²) in [5, 5.41) is 22.4.